The first-order valence-electron chi connectivity index (χ1n) is 5.88. The summed E-state index contributed by atoms with van der Waals surface area (Å²) >= 11 is 0. The number of hydrogen-bond donors (Lipinski definition) is 2. The van der Waals surface area contributed by atoms with Crippen molar-refractivity contribution < 1.29 is 4.74 Å². The van der Waals surface area contributed by atoms with Crippen molar-refractivity contribution in [3.05, 3.63) is 24.3 Å². The zero-order chi connectivity index (χ0) is 11.8. The van der Waals surface area contributed by atoms with Gasteiger partial charge in [0.2, 0.25) is 0 Å². The van der Waals surface area contributed by atoms with Crippen molar-refractivity contribution in [3.63, 3.8) is 0 Å². The Balaban J connectivity index is 2.31. The predicted octanol–water partition coefficient (Wildman–Crippen LogP) is 2.50. The largest absolute Gasteiger partial charge is 0.495 e. The molecule has 0 spiro atoms. The number of benzene rings is 1. The van der Waals surface area contributed by atoms with E-state index in [1.165, 1.54) is 0 Å². The van der Waals surface area contributed by atoms with Gasteiger partial charge in [0.25, 0.3) is 0 Å². The van der Waals surface area contributed by atoms with Gasteiger partial charge in [0.15, 0.2) is 0 Å². The van der Waals surface area contributed by atoms with Gasteiger partial charge in [-0.05, 0) is 25.5 Å². The average molecular weight is 222 g/mol. The summed E-state index contributed by atoms with van der Waals surface area (Å²) in [4.78, 5) is 0. The van der Waals surface area contributed by atoms with E-state index in [1.54, 1.807) is 7.11 Å². The molecule has 0 amide bonds. The van der Waals surface area contributed by atoms with Gasteiger partial charge in [-0.2, -0.15) is 0 Å². The quantitative estimate of drug-likeness (QED) is 0.695. The zero-order valence-electron chi connectivity index (χ0n) is 10.4. The Morgan fingerprint density at radius 1 is 1.25 bits per heavy atom. The second-order valence-electron chi connectivity index (χ2n) is 3.89. The van der Waals surface area contributed by atoms with E-state index in [0.717, 1.165) is 30.9 Å². The van der Waals surface area contributed by atoms with E-state index in [4.69, 9.17) is 4.74 Å². The normalized spacial score (nSPS) is 12.2. The van der Waals surface area contributed by atoms with Crippen LogP contribution >= 0.6 is 0 Å². The van der Waals surface area contributed by atoms with Crippen LogP contribution < -0.4 is 15.4 Å². The highest BCUT2D eigenvalue weighted by Gasteiger charge is 2.00. The fraction of sp³-hybridized carbons (Fsp3) is 0.538. The molecule has 1 aromatic carbocycles. The average Bonchev–Trinajstić information content (AvgIpc) is 2.34. The Morgan fingerprint density at radius 3 is 2.69 bits per heavy atom. The third-order valence-corrected chi connectivity index (χ3v) is 2.65. The minimum atomic E-state index is 0.583. The highest BCUT2D eigenvalue weighted by Crippen LogP contribution is 2.22. The first kappa shape index (κ1) is 12.8. The summed E-state index contributed by atoms with van der Waals surface area (Å²) in [6.07, 6.45) is 1.16. The van der Waals surface area contributed by atoms with Gasteiger partial charge in [0, 0.05) is 19.1 Å². The van der Waals surface area contributed by atoms with Crippen molar-refractivity contribution in [2.75, 3.05) is 25.5 Å². The highest BCUT2D eigenvalue weighted by molar-refractivity contribution is 5.56. The van der Waals surface area contributed by atoms with Crippen LogP contribution in [0.4, 0.5) is 5.69 Å². The Hall–Kier alpha value is -1.22. The molecule has 0 heterocycles. The minimum absolute atomic E-state index is 0.583. The van der Waals surface area contributed by atoms with Crippen molar-refractivity contribution in [3.8, 4) is 5.75 Å². The van der Waals surface area contributed by atoms with E-state index in [2.05, 4.69) is 24.5 Å². The van der Waals surface area contributed by atoms with Crippen LogP contribution in [0.3, 0.4) is 0 Å². The molecule has 0 saturated carbocycles. The first-order chi connectivity index (χ1) is 7.77. The van der Waals surface area contributed by atoms with Gasteiger partial charge in [-0.25, -0.2) is 0 Å². The van der Waals surface area contributed by atoms with E-state index in [1.807, 2.05) is 24.3 Å². The Bertz CT molecular complexity index is 302. The third kappa shape index (κ3) is 4.11. The van der Waals surface area contributed by atoms with Crippen LogP contribution in [0.5, 0.6) is 5.75 Å². The van der Waals surface area contributed by atoms with Gasteiger partial charge < -0.3 is 15.4 Å². The van der Waals surface area contributed by atoms with Crippen molar-refractivity contribution in [1.82, 2.24) is 5.32 Å². The van der Waals surface area contributed by atoms with Gasteiger partial charge in [0.05, 0.1) is 12.8 Å². The maximum atomic E-state index is 5.26. The van der Waals surface area contributed by atoms with Gasteiger partial charge in [-0.15, -0.1) is 0 Å². The van der Waals surface area contributed by atoms with Crippen molar-refractivity contribution in [2.45, 2.75) is 26.3 Å². The van der Waals surface area contributed by atoms with Crippen LogP contribution in [0, 0.1) is 0 Å². The van der Waals surface area contributed by atoms with E-state index in [9.17, 15) is 0 Å². The van der Waals surface area contributed by atoms with Gasteiger partial charge >= 0.3 is 0 Å². The smallest absolute Gasteiger partial charge is 0.141 e. The Morgan fingerprint density at radius 2 is 2.00 bits per heavy atom. The van der Waals surface area contributed by atoms with Crippen LogP contribution in [-0.4, -0.2) is 26.2 Å². The third-order valence-electron chi connectivity index (χ3n) is 2.65. The summed E-state index contributed by atoms with van der Waals surface area (Å²) in [5.74, 6) is 0.894. The molecular weight excluding hydrogens is 200 g/mol. The SMILES string of the molecule is CCC(C)NCCNc1ccccc1OC. The van der Waals surface area contributed by atoms with E-state index in [-0.39, 0.29) is 0 Å². The molecule has 1 unspecified atom stereocenters. The minimum Gasteiger partial charge on any atom is -0.495 e. The van der Waals surface area contributed by atoms with Crippen molar-refractivity contribution >= 4 is 5.69 Å². The molecule has 0 bridgehead atoms. The van der Waals surface area contributed by atoms with Crippen LogP contribution in [0.25, 0.3) is 0 Å². The summed E-state index contributed by atoms with van der Waals surface area (Å²) in [7, 11) is 1.69. The van der Waals surface area contributed by atoms with E-state index >= 15 is 0 Å². The lowest BCUT2D eigenvalue weighted by molar-refractivity contribution is 0.416. The van der Waals surface area contributed by atoms with Crippen LogP contribution in [0.1, 0.15) is 20.3 Å². The lowest BCUT2D eigenvalue weighted by Gasteiger charge is -2.13. The molecule has 0 saturated heterocycles. The molecule has 2 N–H and O–H groups in total. The number of para-hydroxylation sites is 2. The van der Waals surface area contributed by atoms with Crippen molar-refractivity contribution in [1.29, 1.82) is 0 Å². The van der Waals surface area contributed by atoms with Gasteiger partial charge in [-0.1, -0.05) is 19.1 Å². The molecule has 0 fully saturated rings. The number of nitrogens with one attached hydrogen (secondary N) is 2. The molecule has 0 aliphatic rings. The Kier molecular flexibility index (Phi) is 5.72. The number of rotatable bonds is 7. The maximum absolute atomic E-state index is 5.26. The molecule has 0 aliphatic carbocycles. The molecule has 3 heteroatoms. The summed E-state index contributed by atoms with van der Waals surface area (Å²) in [5.41, 5.74) is 1.05. The molecule has 1 rings (SSSR count). The summed E-state index contributed by atoms with van der Waals surface area (Å²) in [5, 5.41) is 6.79. The van der Waals surface area contributed by atoms with Gasteiger partial charge in [0.1, 0.15) is 5.75 Å². The number of hydrogen-bond acceptors (Lipinski definition) is 3. The molecule has 90 valence electrons. The van der Waals surface area contributed by atoms with E-state index in [0.29, 0.717) is 6.04 Å². The molecule has 0 aromatic heterocycles. The molecule has 0 aliphatic heterocycles. The van der Waals surface area contributed by atoms with Gasteiger partial charge in [-0.3, -0.25) is 0 Å². The lowest BCUT2D eigenvalue weighted by Crippen LogP contribution is -2.30. The maximum Gasteiger partial charge on any atom is 0.141 e. The Labute approximate surface area is 98.2 Å². The fourth-order valence-electron chi connectivity index (χ4n) is 1.45. The molecule has 0 radical (unpaired) electrons. The summed E-state index contributed by atoms with van der Waals surface area (Å²) in [6, 6.07) is 8.56. The topological polar surface area (TPSA) is 33.3 Å². The molecular formula is C13H22N2O. The van der Waals surface area contributed by atoms with E-state index < -0.39 is 0 Å². The first-order valence-corrected chi connectivity index (χ1v) is 5.88. The monoisotopic (exact) mass is 222 g/mol. The summed E-state index contributed by atoms with van der Waals surface area (Å²) in [6.45, 7) is 6.26. The predicted molar refractivity (Wildman–Crippen MR) is 69.2 cm³/mol. The molecule has 1 aromatic rings. The van der Waals surface area contributed by atoms with Crippen LogP contribution in [0.15, 0.2) is 24.3 Å². The number of anilines is 1. The van der Waals surface area contributed by atoms with Crippen LogP contribution in [-0.2, 0) is 0 Å². The molecule has 1 atom stereocenters. The standard InChI is InChI=1S/C13H22N2O/c1-4-11(2)14-9-10-15-12-7-5-6-8-13(12)16-3/h5-8,11,14-15H,4,9-10H2,1-3H3. The van der Waals surface area contributed by atoms with Crippen LogP contribution in [0.2, 0.25) is 0 Å². The second kappa shape index (κ2) is 7.12. The molecule has 3 nitrogen and oxygen atoms in total. The fourth-order valence-corrected chi connectivity index (χ4v) is 1.45. The highest BCUT2D eigenvalue weighted by atomic mass is 16.5. The van der Waals surface area contributed by atoms with Crippen molar-refractivity contribution in [2.24, 2.45) is 0 Å². The zero-order valence-corrected chi connectivity index (χ0v) is 10.4. The number of ether oxygens (including phenoxy) is 1. The second-order valence-corrected chi connectivity index (χ2v) is 3.89. The molecule has 16 heavy (non-hydrogen) atoms. The lowest BCUT2D eigenvalue weighted by atomic mass is 10.2. The number of methoxy groups -OCH3 is 1. The summed E-state index contributed by atoms with van der Waals surface area (Å²) < 4.78 is 5.26.